The van der Waals surface area contributed by atoms with Gasteiger partial charge in [-0.15, -0.1) is 0 Å². The molecule has 0 bridgehead atoms. The maximum absolute atomic E-state index is 12.8. The number of benzene rings is 2. The molecule has 3 N–H and O–H groups in total. The van der Waals surface area contributed by atoms with Crippen LogP contribution < -0.4 is 11.1 Å². The summed E-state index contributed by atoms with van der Waals surface area (Å²) in [4.78, 5) is 18.5. The lowest BCUT2D eigenvalue weighted by molar-refractivity contribution is -0.130. The Morgan fingerprint density at radius 1 is 1.12 bits per heavy atom. The fourth-order valence-electron chi connectivity index (χ4n) is 3.52. The van der Waals surface area contributed by atoms with E-state index in [1.54, 1.807) is 11.9 Å². The molecule has 0 atom stereocenters. The summed E-state index contributed by atoms with van der Waals surface area (Å²) in [6.07, 6.45) is 1.34. The molecule has 0 aromatic heterocycles. The van der Waals surface area contributed by atoms with Crippen LogP contribution in [0.15, 0.2) is 46.3 Å². The third kappa shape index (κ3) is 6.41. The Kier molecular flexibility index (Phi) is 8.81. The first-order valence-corrected chi connectivity index (χ1v) is 13.1. The fourth-order valence-corrected chi connectivity index (χ4v) is 5.49. The van der Waals surface area contributed by atoms with Gasteiger partial charge in [0.05, 0.1) is 22.3 Å². The van der Waals surface area contributed by atoms with E-state index in [4.69, 9.17) is 28.9 Å². The predicted molar refractivity (Wildman–Crippen MR) is 137 cm³/mol. The summed E-state index contributed by atoms with van der Waals surface area (Å²) < 4.78 is 26.8. The molecule has 2 aromatic rings. The lowest BCUT2D eigenvalue weighted by Gasteiger charge is -2.20. The molecule has 34 heavy (non-hydrogen) atoms. The average Bonchev–Trinajstić information content (AvgIpc) is 3.34. The van der Waals surface area contributed by atoms with Crippen LogP contribution in [0.25, 0.3) is 0 Å². The molecule has 1 heterocycles. The quantitative estimate of drug-likeness (QED) is 0.463. The van der Waals surface area contributed by atoms with E-state index >= 15 is 0 Å². The van der Waals surface area contributed by atoms with E-state index in [2.05, 4.69) is 10.3 Å². The van der Waals surface area contributed by atoms with Crippen LogP contribution in [-0.2, 0) is 21.2 Å². The molecule has 1 aliphatic rings. The number of nitrogens with zero attached hydrogens (tertiary/aromatic N) is 3. The number of nitrogen functional groups attached to an aromatic ring is 1. The number of amides is 1. The first-order valence-electron chi connectivity index (χ1n) is 10.9. The van der Waals surface area contributed by atoms with Gasteiger partial charge < -0.3 is 16.0 Å². The summed E-state index contributed by atoms with van der Waals surface area (Å²) in [5, 5.41) is 3.37. The molecule has 2 aromatic carbocycles. The number of halogens is 2. The summed E-state index contributed by atoms with van der Waals surface area (Å²) in [7, 11) is -0.660. The molecule has 0 aliphatic carbocycles. The molecule has 1 amide bonds. The van der Waals surface area contributed by atoms with E-state index in [1.807, 2.05) is 24.3 Å². The zero-order valence-electron chi connectivity index (χ0n) is 19.2. The monoisotopic (exact) mass is 525 g/mol. The summed E-state index contributed by atoms with van der Waals surface area (Å²) >= 11 is 12.0. The van der Waals surface area contributed by atoms with Gasteiger partial charge in [-0.1, -0.05) is 47.5 Å². The first-order chi connectivity index (χ1) is 16.1. The molecule has 0 fully saturated rings. The topological polar surface area (TPSA) is 108 Å². The van der Waals surface area contributed by atoms with Crippen molar-refractivity contribution in [2.45, 2.75) is 24.2 Å². The van der Waals surface area contributed by atoms with E-state index in [0.29, 0.717) is 13.0 Å². The van der Waals surface area contributed by atoms with Gasteiger partial charge in [-0.3, -0.25) is 9.79 Å². The number of hydrogen-bond donors (Lipinski definition) is 2. The molecular formula is C23H29Cl2N5O3S. The van der Waals surface area contributed by atoms with E-state index < -0.39 is 10.0 Å². The van der Waals surface area contributed by atoms with Gasteiger partial charge in [0, 0.05) is 45.7 Å². The zero-order chi connectivity index (χ0) is 24.9. The van der Waals surface area contributed by atoms with Crippen LogP contribution in [-0.4, -0.2) is 69.6 Å². The standard InChI is InChI=1S/C23H29Cl2N5O3S/c1-29(13-9-16-5-7-17(8-6-16)23-27-10-11-28-23)22(31)4-3-12-30(2)34(32,33)21-15-18(24)20(26)14-19(21)25/h5-8,14-15H,3-4,9-13,26H2,1-2H3,(H,27,28). The Balaban J connectivity index is 1.46. The molecule has 3 rings (SSSR count). The van der Waals surface area contributed by atoms with Gasteiger partial charge >= 0.3 is 0 Å². The summed E-state index contributed by atoms with van der Waals surface area (Å²) in [5.41, 5.74) is 8.07. The Labute approximate surface area is 210 Å². The van der Waals surface area contributed by atoms with Crippen LogP contribution >= 0.6 is 23.2 Å². The van der Waals surface area contributed by atoms with Crippen LogP contribution in [0.4, 0.5) is 5.69 Å². The normalized spacial score (nSPS) is 13.6. The first kappa shape index (κ1) is 26.3. The van der Waals surface area contributed by atoms with Crippen molar-refractivity contribution in [2.24, 2.45) is 4.99 Å². The van der Waals surface area contributed by atoms with Crippen molar-refractivity contribution in [3.63, 3.8) is 0 Å². The summed E-state index contributed by atoms with van der Waals surface area (Å²) in [5.74, 6) is 0.882. The molecular weight excluding hydrogens is 497 g/mol. The van der Waals surface area contributed by atoms with E-state index in [0.717, 1.165) is 36.5 Å². The highest BCUT2D eigenvalue weighted by Gasteiger charge is 2.25. The number of likely N-dealkylation sites (N-methyl/N-ethyl adjacent to an activating group) is 1. The molecule has 11 heteroatoms. The highest BCUT2D eigenvalue weighted by Crippen LogP contribution is 2.31. The van der Waals surface area contributed by atoms with Gasteiger partial charge in [-0.05, 0) is 30.5 Å². The number of nitrogens with one attached hydrogen (secondary N) is 1. The van der Waals surface area contributed by atoms with Gasteiger partial charge in [0.2, 0.25) is 15.9 Å². The van der Waals surface area contributed by atoms with Gasteiger partial charge in [0.1, 0.15) is 10.7 Å². The van der Waals surface area contributed by atoms with E-state index in [-0.39, 0.29) is 39.5 Å². The summed E-state index contributed by atoms with van der Waals surface area (Å²) in [6.45, 7) is 2.41. The summed E-state index contributed by atoms with van der Waals surface area (Å²) in [6, 6.07) is 10.7. The maximum atomic E-state index is 12.8. The average molecular weight is 526 g/mol. The number of sulfonamides is 1. The number of nitrogens with two attached hydrogens (primary N) is 1. The van der Waals surface area contributed by atoms with Gasteiger partial charge in [0.25, 0.3) is 0 Å². The van der Waals surface area contributed by atoms with Crippen LogP contribution in [0, 0.1) is 0 Å². The molecule has 1 aliphatic heterocycles. The van der Waals surface area contributed by atoms with Crippen molar-refractivity contribution in [3.05, 3.63) is 57.6 Å². The maximum Gasteiger partial charge on any atom is 0.244 e. The van der Waals surface area contributed by atoms with E-state index in [1.165, 1.54) is 23.5 Å². The van der Waals surface area contributed by atoms with Gasteiger partial charge in [-0.2, -0.15) is 0 Å². The lowest BCUT2D eigenvalue weighted by Crippen LogP contribution is -2.31. The SMILES string of the molecule is CN(CCc1ccc(C2=NCCN2)cc1)C(=O)CCCN(C)S(=O)(=O)c1cc(Cl)c(N)cc1Cl. The highest BCUT2D eigenvalue weighted by molar-refractivity contribution is 7.89. The largest absolute Gasteiger partial charge is 0.397 e. The number of rotatable bonds is 10. The number of carbonyl (C=O) groups excluding carboxylic acids is 1. The van der Waals surface area contributed by atoms with Crippen molar-refractivity contribution in [1.29, 1.82) is 0 Å². The third-order valence-electron chi connectivity index (χ3n) is 5.67. The molecule has 0 radical (unpaired) electrons. The minimum atomic E-state index is -3.86. The number of carbonyl (C=O) groups is 1. The minimum Gasteiger partial charge on any atom is -0.397 e. The van der Waals surface area contributed by atoms with Crippen molar-refractivity contribution in [1.82, 2.24) is 14.5 Å². The second-order valence-corrected chi connectivity index (χ2v) is 11.0. The second-order valence-electron chi connectivity index (χ2n) is 8.15. The van der Waals surface area contributed by atoms with Crippen LogP contribution in [0.5, 0.6) is 0 Å². The minimum absolute atomic E-state index is 0.00471. The van der Waals surface area contributed by atoms with Crippen LogP contribution in [0.3, 0.4) is 0 Å². The molecule has 8 nitrogen and oxygen atoms in total. The molecule has 0 spiro atoms. The highest BCUT2D eigenvalue weighted by atomic mass is 35.5. The van der Waals surface area contributed by atoms with Crippen molar-refractivity contribution < 1.29 is 13.2 Å². The van der Waals surface area contributed by atoms with Gasteiger partial charge in [0.15, 0.2) is 0 Å². The van der Waals surface area contributed by atoms with E-state index in [9.17, 15) is 13.2 Å². The predicted octanol–water partition coefficient (Wildman–Crippen LogP) is 3.03. The van der Waals surface area contributed by atoms with Crippen molar-refractivity contribution >= 4 is 50.7 Å². The fraction of sp³-hybridized carbons (Fsp3) is 0.391. The Bertz CT molecular complexity index is 1170. The Morgan fingerprint density at radius 3 is 2.47 bits per heavy atom. The van der Waals surface area contributed by atoms with Crippen molar-refractivity contribution in [2.75, 3.05) is 46.0 Å². The second kappa shape index (κ2) is 11.4. The van der Waals surface area contributed by atoms with Crippen LogP contribution in [0.2, 0.25) is 10.0 Å². The number of aliphatic imine (C=N–C) groups is 1. The van der Waals surface area contributed by atoms with Gasteiger partial charge in [-0.25, -0.2) is 12.7 Å². The Morgan fingerprint density at radius 2 is 1.82 bits per heavy atom. The number of hydrogen-bond acceptors (Lipinski definition) is 6. The Hall–Kier alpha value is -2.33. The molecule has 0 saturated heterocycles. The molecule has 184 valence electrons. The number of amidine groups is 1. The number of anilines is 1. The smallest absolute Gasteiger partial charge is 0.244 e. The molecule has 0 saturated carbocycles. The molecule has 0 unspecified atom stereocenters. The zero-order valence-corrected chi connectivity index (χ0v) is 21.6. The lowest BCUT2D eigenvalue weighted by atomic mass is 10.1. The third-order valence-corrected chi connectivity index (χ3v) is 8.32. The van der Waals surface area contributed by atoms with Crippen LogP contribution in [0.1, 0.15) is 24.0 Å². The van der Waals surface area contributed by atoms with Crippen molar-refractivity contribution in [3.8, 4) is 0 Å².